The minimum Gasteiger partial charge on any atom is -0.398 e. The lowest BCUT2D eigenvalue weighted by Gasteiger charge is -2.36. The molecule has 1 aliphatic heterocycles. The van der Waals surface area contributed by atoms with E-state index in [0.29, 0.717) is 12.3 Å². The number of ketones is 1. The third-order valence-corrected chi connectivity index (χ3v) is 6.47. The van der Waals surface area contributed by atoms with Gasteiger partial charge in [-0.2, -0.15) is 0 Å². The Bertz CT molecular complexity index is 1020. The van der Waals surface area contributed by atoms with Crippen LogP contribution in [0.5, 0.6) is 0 Å². The number of nitrogens with zero attached hydrogens (tertiary/aromatic N) is 1. The molecule has 1 unspecified atom stereocenters. The molecule has 0 amide bonds. The molecule has 0 saturated carbocycles. The normalized spacial score (nSPS) is 19.9. The second-order valence-electron chi connectivity index (χ2n) is 10.1. The molecule has 1 aliphatic carbocycles. The van der Waals surface area contributed by atoms with E-state index in [9.17, 15) is 4.79 Å². The van der Waals surface area contributed by atoms with Crippen LogP contribution in [0, 0.1) is 11.3 Å². The summed E-state index contributed by atoms with van der Waals surface area (Å²) in [7, 11) is 0. The maximum absolute atomic E-state index is 13.4. The van der Waals surface area contributed by atoms with Crippen molar-refractivity contribution in [3.05, 3.63) is 64.0 Å². The van der Waals surface area contributed by atoms with E-state index in [0.717, 1.165) is 58.9 Å². The highest BCUT2D eigenvalue weighted by Gasteiger charge is 2.37. The third kappa shape index (κ3) is 3.64. The number of rotatable bonds is 4. The van der Waals surface area contributed by atoms with Gasteiger partial charge in [-0.05, 0) is 48.6 Å². The van der Waals surface area contributed by atoms with Gasteiger partial charge in [-0.25, -0.2) is 4.98 Å². The van der Waals surface area contributed by atoms with Crippen molar-refractivity contribution < 1.29 is 4.79 Å². The molecule has 1 aromatic carbocycles. The van der Waals surface area contributed by atoms with E-state index in [4.69, 9.17) is 10.7 Å². The second-order valence-corrected chi connectivity index (χ2v) is 10.1. The van der Waals surface area contributed by atoms with Crippen molar-refractivity contribution in [3.63, 3.8) is 0 Å². The molecule has 4 heteroatoms. The average molecular weight is 404 g/mol. The van der Waals surface area contributed by atoms with Gasteiger partial charge in [-0.3, -0.25) is 4.79 Å². The van der Waals surface area contributed by atoms with E-state index in [1.807, 2.05) is 25.1 Å². The van der Waals surface area contributed by atoms with Gasteiger partial charge in [0.1, 0.15) is 5.82 Å². The number of aryl methyl sites for hydroxylation is 1. The Morgan fingerprint density at radius 2 is 1.97 bits per heavy atom. The van der Waals surface area contributed by atoms with Gasteiger partial charge in [-0.15, -0.1) is 0 Å². The van der Waals surface area contributed by atoms with Crippen LogP contribution in [-0.4, -0.2) is 10.8 Å². The summed E-state index contributed by atoms with van der Waals surface area (Å²) in [6, 6.07) is 10.3. The van der Waals surface area contributed by atoms with Crippen LogP contribution in [0.15, 0.2) is 41.6 Å². The number of carbonyl (C=O) groups is 1. The molecule has 2 aliphatic rings. The number of anilines is 2. The number of fused-ring (bicyclic) bond motifs is 2. The van der Waals surface area contributed by atoms with Crippen LogP contribution in [0.4, 0.5) is 11.5 Å². The molecule has 4 rings (SSSR count). The number of nitrogen functional groups attached to an aromatic ring is 1. The Morgan fingerprint density at radius 1 is 1.27 bits per heavy atom. The Balaban J connectivity index is 1.93. The highest BCUT2D eigenvalue weighted by Crippen LogP contribution is 2.48. The van der Waals surface area contributed by atoms with E-state index in [1.165, 1.54) is 5.56 Å². The molecule has 0 saturated heterocycles. The molecule has 1 aromatic heterocycles. The maximum atomic E-state index is 13.4. The Morgan fingerprint density at radius 3 is 2.63 bits per heavy atom. The Kier molecular flexibility index (Phi) is 5.21. The number of nitrogens with two attached hydrogens (primary N) is 1. The smallest absolute Gasteiger partial charge is 0.161 e. The first-order chi connectivity index (χ1) is 14.2. The van der Waals surface area contributed by atoms with Gasteiger partial charge in [0.25, 0.3) is 0 Å². The van der Waals surface area contributed by atoms with Gasteiger partial charge in [0.15, 0.2) is 5.78 Å². The SMILES string of the molecule is CC1=C(C(=O)CC(C)C)C(c2ccccc2)c2c(nc3c(c2N)CC(C)(C)CC3)N1. The molecular formula is C26H33N3O. The summed E-state index contributed by atoms with van der Waals surface area (Å²) in [6.07, 6.45) is 3.51. The van der Waals surface area contributed by atoms with Crippen molar-refractivity contribution in [2.75, 3.05) is 11.1 Å². The first kappa shape index (κ1) is 20.6. The molecule has 0 fully saturated rings. The third-order valence-electron chi connectivity index (χ3n) is 6.47. The number of allylic oxidation sites excluding steroid dienone is 2. The van der Waals surface area contributed by atoms with E-state index < -0.39 is 0 Å². The minimum absolute atomic E-state index is 0.184. The lowest BCUT2D eigenvalue weighted by Crippen LogP contribution is -2.29. The second kappa shape index (κ2) is 7.57. The summed E-state index contributed by atoms with van der Waals surface area (Å²) in [4.78, 5) is 18.4. The summed E-state index contributed by atoms with van der Waals surface area (Å²) in [5.74, 6) is 1.12. The number of Topliss-reactive ketones (excluding diaryl/α,β-unsaturated/α-hetero) is 1. The van der Waals surface area contributed by atoms with Crippen molar-refractivity contribution in [2.45, 2.75) is 66.2 Å². The monoisotopic (exact) mass is 403 g/mol. The van der Waals surface area contributed by atoms with Crippen molar-refractivity contribution >= 4 is 17.3 Å². The number of pyridine rings is 1. The highest BCUT2D eigenvalue weighted by atomic mass is 16.1. The minimum atomic E-state index is -0.184. The lowest BCUT2D eigenvalue weighted by atomic mass is 9.72. The lowest BCUT2D eigenvalue weighted by molar-refractivity contribution is -0.116. The molecule has 2 aromatic rings. The van der Waals surface area contributed by atoms with Crippen molar-refractivity contribution in [2.24, 2.45) is 11.3 Å². The van der Waals surface area contributed by atoms with E-state index >= 15 is 0 Å². The van der Waals surface area contributed by atoms with E-state index in [2.05, 4.69) is 45.1 Å². The summed E-state index contributed by atoms with van der Waals surface area (Å²) in [5.41, 5.74) is 13.9. The zero-order valence-electron chi connectivity index (χ0n) is 18.8. The van der Waals surface area contributed by atoms with Crippen LogP contribution in [0.3, 0.4) is 0 Å². The van der Waals surface area contributed by atoms with Crippen molar-refractivity contribution in [1.82, 2.24) is 4.98 Å². The predicted molar refractivity (Wildman–Crippen MR) is 124 cm³/mol. The van der Waals surface area contributed by atoms with Crippen molar-refractivity contribution in [3.8, 4) is 0 Å². The fraction of sp³-hybridized carbons (Fsp3) is 0.462. The van der Waals surface area contributed by atoms with Crippen LogP contribution in [0.2, 0.25) is 0 Å². The summed E-state index contributed by atoms with van der Waals surface area (Å²) < 4.78 is 0. The highest BCUT2D eigenvalue weighted by molar-refractivity contribution is 6.00. The molecule has 0 bridgehead atoms. The van der Waals surface area contributed by atoms with E-state index in [-0.39, 0.29) is 17.1 Å². The van der Waals surface area contributed by atoms with E-state index in [1.54, 1.807) is 0 Å². The van der Waals surface area contributed by atoms with Crippen LogP contribution in [0.25, 0.3) is 0 Å². The summed E-state index contributed by atoms with van der Waals surface area (Å²) >= 11 is 0. The zero-order valence-corrected chi connectivity index (χ0v) is 18.8. The molecule has 0 spiro atoms. The van der Waals surface area contributed by atoms with Crippen LogP contribution >= 0.6 is 0 Å². The Hall–Kier alpha value is -2.62. The Labute approximate surface area is 180 Å². The average Bonchev–Trinajstić information content (AvgIpc) is 2.67. The quantitative estimate of drug-likeness (QED) is 0.695. The molecule has 0 radical (unpaired) electrons. The number of hydrogen-bond donors (Lipinski definition) is 2. The molecule has 158 valence electrons. The molecular weight excluding hydrogens is 370 g/mol. The molecule has 30 heavy (non-hydrogen) atoms. The first-order valence-electron chi connectivity index (χ1n) is 11.0. The maximum Gasteiger partial charge on any atom is 0.161 e. The molecule has 1 atom stereocenters. The van der Waals surface area contributed by atoms with Gasteiger partial charge < -0.3 is 11.1 Å². The fourth-order valence-corrected chi connectivity index (χ4v) is 4.96. The predicted octanol–water partition coefficient (Wildman–Crippen LogP) is 5.63. The summed E-state index contributed by atoms with van der Waals surface area (Å²) in [6.45, 7) is 10.8. The number of hydrogen-bond acceptors (Lipinski definition) is 4. The molecule has 2 heterocycles. The zero-order chi connectivity index (χ0) is 21.6. The summed E-state index contributed by atoms with van der Waals surface area (Å²) in [5, 5.41) is 3.44. The first-order valence-corrected chi connectivity index (χ1v) is 11.0. The largest absolute Gasteiger partial charge is 0.398 e. The van der Waals surface area contributed by atoms with Crippen LogP contribution in [-0.2, 0) is 17.6 Å². The number of carbonyl (C=O) groups excluding carboxylic acids is 1. The number of aromatic nitrogens is 1. The topological polar surface area (TPSA) is 68.0 Å². The number of benzene rings is 1. The van der Waals surface area contributed by atoms with Gasteiger partial charge in [0, 0.05) is 40.6 Å². The number of nitrogens with one attached hydrogen (secondary N) is 1. The van der Waals surface area contributed by atoms with Crippen LogP contribution in [0.1, 0.15) is 75.8 Å². The molecule has 3 N–H and O–H groups in total. The standard InChI is InChI=1S/C26H33N3O/c1-15(2)13-20(30)21-16(3)28-25-23(22(21)17-9-7-6-8-10-17)24(27)18-14-26(4,5)12-11-19(18)29-25/h6-10,15,22H,11-14H2,1-5H3,(H3,27,28,29). The van der Waals surface area contributed by atoms with Gasteiger partial charge in [0.05, 0.1) is 0 Å². The van der Waals surface area contributed by atoms with Crippen LogP contribution < -0.4 is 11.1 Å². The van der Waals surface area contributed by atoms with Gasteiger partial charge in [-0.1, -0.05) is 58.0 Å². The fourth-order valence-electron chi connectivity index (χ4n) is 4.96. The van der Waals surface area contributed by atoms with Crippen molar-refractivity contribution in [1.29, 1.82) is 0 Å². The van der Waals surface area contributed by atoms with Gasteiger partial charge in [0.2, 0.25) is 0 Å². The van der Waals surface area contributed by atoms with Gasteiger partial charge >= 0.3 is 0 Å². The molecule has 4 nitrogen and oxygen atoms in total.